The maximum absolute atomic E-state index is 12.3. The number of hydrogen-bond acceptors (Lipinski definition) is 2. The lowest BCUT2D eigenvalue weighted by Crippen LogP contribution is -2.39. The first-order valence-corrected chi connectivity index (χ1v) is 8.57. The molecule has 0 radical (unpaired) electrons. The van der Waals surface area contributed by atoms with Crippen LogP contribution in [-0.2, 0) is 4.79 Å². The molecule has 1 amide bonds. The monoisotopic (exact) mass is 452 g/mol. The van der Waals surface area contributed by atoms with Crippen molar-refractivity contribution in [2.75, 3.05) is 18.4 Å². The molecule has 19 heavy (non-hydrogen) atoms. The summed E-state index contributed by atoms with van der Waals surface area (Å²) >= 11 is 10.5. The average Bonchev–Trinajstić information content (AvgIpc) is 2.86. The second-order valence-corrected chi connectivity index (χ2v) is 7.27. The number of rotatable bonds is 3. The second-order valence-electron chi connectivity index (χ2n) is 4.64. The molecule has 1 atom stereocenters. The zero-order valence-electron chi connectivity index (χ0n) is 10.5. The molecule has 1 aromatic rings. The summed E-state index contributed by atoms with van der Waals surface area (Å²) in [5, 5.41) is 3.28. The predicted molar refractivity (Wildman–Crippen MR) is 88.4 cm³/mol. The molecule has 1 heterocycles. The summed E-state index contributed by atoms with van der Waals surface area (Å²) < 4.78 is 2.83. The Labute approximate surface area is 138 Å². The fraction of sp³-hybridized carbons (Fsp3) is 0.462. The van der Waals surface area contributed by atoms with Crippen molar-refractivity contribution in [3.63, 3.8) is 0 Å². The summed E-state index contributed by atoms with van der Waals surface area (Å²) in [7, 11) is 0. The van der Waals surface area contributed by atoms with E-state index in [2.05, 4.69) is 53.1 Å². The normalized spacial score (nSPS) is 16.5. The van der Waals surface area contributed by atoms with Crippen molar-refractivity contribution in [3.8, 4) is 0 Å². The van der Waals surface area contributed by atoms with Gasteiger partial charge in [-0.1, -0.05) is 15.9 Å². The number of benzene rings is 1. The molecule has 1 unspecified atom stereocenters. The van der Waals surface area contributed by atoms with Gasteiger partial charge in [0.2, 0.25) is 5.91 Å². The third kappa shape index (κ3) is 3.73. The number of hydrogen-bond donors (Lipinski definition) is 1. The first-order valence-electron chi connectivity index (χ1n) is 6.19. The minimum Gasteiger partial charge on any atom is -0.372 e. The fourth-order valence-electron chi connectivity index (χ4n) is 2.17. The smallest absolute Gasteiger partial charge is 0.244 e. The Morgan fingerprint density at radius 3 is 2.26 bits per heavy atom. The van der Waals surface area contributed by atoms with Crippen molar-refractivity contribution in [2.45, 2.75) is 25.8 Å². The summed E-state index contributed by atoms with van der Waals surface area (Å²) in [6.07, 6.45) is 2.23. The second kappa shape index (κ2) is 6.59. The molecule has 1 fully saturated rings. The van der Waals surface area contributed by atoms with Gasteiger partial charge >= 0.3 is 0 Å². The molecule has 0 aromatic heterocycles. The van der Waals surface area contributed by atoms with Crippen LogP contribution in [0.1, 0.15) is 19.8 Å². The third-order valence-electron chi connectivity index (χ3n) is 3.16. The molecule has 0 aliphatic carbocycles. The van der Waals surface area contributed by atoms with E-state index in [1.54, 1.807) is 0 Å². The van der Waals surface area contributed by atoms with E-state index in [1.165, 1.54) is 0 Å². The number of carbonyl (C=O) groups is 1. The zero-order valence-corrected chi connectivity index (χ0v) is 15.3. The highest BCUT2D eigenvalue weighted by Gasteiger charge is 2.24. The van der Waals surface area contributed by atoms with Crippen LogP contribution in [-0.4, -0.2) is 29.9 Å². The van der Waals surface area contributed by atoms with Crippen LogP contribution in [0, 0.1) is 0 Å². The third-order valence-corrected chi connectivity index (χ3v) is 4.86. The first-order chi connectivity index (χ1) is 8.99. The molecule has 3 nitrogen and oxygen atoms in total. The number of carbonyl (C=O) groups excluding carboxylic acids is 1. The Bertz CT molecular complexity index is 464. The molecular formula is C13H15Br3N2O. The van der Waals surface area contributed by atoms with Crippen molar-refractivity contribution in [3.05, 3.63) is 25.6 Å². The molecule has 1 aliphatic heterocycles. The minimum absolute atomic E-state index is 0.166. The molecule has 0 spiro atoms. The fourth-order valence-corrected chi connectivity index (χ4v) is 4.66. The van der Waals surface area contributed by atoms with Crippen LogP contribution in [0.5, 0.6) is 0 Å². The molecule has 104 valence electrons. The van der Waals surface area contributed by atoms with Gasteiger partial charge in [0, 0.05) is 26.5 Å². The number of halogens is 3. The van der Waals surface area contributed by atoms with Crippen LogP contribution in [0.4, 0.5) is 5.69 Å². The highest BCUT2D eigenvalue weighted by molar-refractivity contribution is 9.11. The van der Waals surface area contributed by atoms with Gasteiger partial charge in [-0.25, -0.2) is 0 Å². The van der Waals surface area contributed by atoms with Crippen molar-refractivity contribution in [1.29, 1.82) is 0 Å². The van der Waals surface area contributed by atoms with Gasteiger partial charge in [0.1, 0.15) is 6.04 Å². The van der Waals surface area contributed by atoms with Crippen molar-refractivity contribution >= 4 is 59.4 Å². The van der Waals surface area contributed by atoms with Gasteiger partial charge in [0.15, 0.2) is 0 Å². The van der Waals surface area contributed by atoms with Crippen LogP contribution < -0.4 is 5.32 Å². The van der Waals surface area contributed by atoms with Crippen LogP contribution in [0.25, 0.3) is 0 Å². The summed E-state index contributed by atoms with van der Waals surface area (Å²) in [5.41, 5.74) is 0.906. The maximum Gasteiger partial charge on any atom is 0.244 e. The number of likely N-dealkylation sites (tertiary alicyclic amines) is 1. The van der Waals surface area contributed by atoms with Crippen LogP contribution in [0.2, 0.25) is 0 Å². The van der Waals surface area contributed by atoms with Crippen molar-refractivity contribution in [1.82, 2.24) is 4.90 Å². The SMILES string of the molecule is CC(Nc1c(Br)cc(Br)cc1Br)C(=O)N1CCCC1. The van der Waals surface area contributed by atoms with Gasteiger partial charge in [-0.15, -0.1) is 0 Å². The number of anilines is 1. The largest absolute Gasteiger partial charge is 0.372 e. The van der Waals surface area contributed by atoms with Crippen molar-refractivity contribution in [2.24, 2.45) is 0 Å². The Hall–Kier alpha value is -0.0700. The average molecular weight is 455 g/mol. The van der Waals surface area contributed by atoms with E-state index in [0.29, 0.717) is 0 Å². The molecule has 1 aromatic carbocycles. The van der Waals surface area contributed by atoms with Gasteiger partial charge in [-0.05, 0) is 63.8 Å². The van der Waals surface area contributed by atoms with Crippen molar-refractivity contribution < 1.29 is 4.79 Å². The lowest BCUT2D eigenvalue weighted by Gasteiger charge is -2.23. The van der Waals surface area contributed by atoms with Gasteiger partial charge in [0.05, 0.1) is 5.69 Å². The molecule has 1 saturated heterocycles. The quantitative estimate of drug-likeness (QED) is 0.734. The molecular weight excluding hydrogens is 440 g/mol. The Kier molecular flexibility index (Phi) is 5.31. The number of nitrogens with zero attached hydrogens (tertiary/aromatic N) is 1. The van der Waals surface area contributed by atoms with E-state index in [9.17, 15) is 4.79 Å². The summed E-state index contributed by atoms with van der Waals surface area (Å²) in [6.45, 7) is 3.67. The molecule has 1 N–H and O–H groups in total. The van der Waals surface area contributed by atoms with Crippen LogP contribution in [0.15, 0.2) is 25.6 Å². The van der Waals surface area contributed by atoms with Gasteiger partial charge in [0.25, 0.3) is 0 Å². The Morgan fingerprint density at radius 2 is 1.74 bits per heavy atom. The molecule has 0 saturated carbocycles. The lowest BCUT2D eigenvalue weighted by atomic mass is 10.2. The van der Waals surface area contributed by atoms with E-state index >= 15 is 0 Å². The van der Waals surface area contributed by atoms with E-state index in [0.717, 1.165) is 45.0 Å². The van der Waals surface area contributed by atoms with E-state index in [-0.39, 0.29) is 11.9 Å². The standard InChI is InChI=1S/C13H15Br3N2O/c1-8(13(19)18-4-2-3-5-18)17-12-10(15)6-9(14)7-11(12)16/h6-8,17H,2-5H2,1H3. The maximum atomic E-state index is 12.3. The number of amides is 1. The summed E-state index contributed by atoms with van der Waals surface area (Å²) in [5.74, 6) is 0.166. The van der Waals surface area contributed by atoms with Gasteiger partial charge in [-0.2, -0.15) is 0 Å². The molecule has 1 aliphatic rings. The summed E-state index contributed by atoms with van der Waals surface area (Å²) in [4.78, 5) is 14.2. The number of nitrogens with one attached hydrogen (secondary N) is 1. The van der Waals surface area contributed by atoms with E-state index in [4.69, 9.17) is 0 Å². The lowest BCUT2D eigenvalue weighted by molar-refractivity contribution is -0.130. The van der Waals surface area contributed by atoms with E-state index in [1.807, 2.05) is 24.0 Å². The van der Waals surface area contributed by atoms with Gasteiger partial charge in [-0.3, -0.25) is 4.79 Å². The Morgan fingerprint density at radius 1 is 1.21 bits per heavy atom. The van der Waals surface area contributed by atoms with Crippen LogP contribution >= 0.6 is 47.8 Å². The topological polar surface area (TPSA) is 32.3 Å². The molecule has 2 rings (SSSR count). The Balaban J connectivity index is 2.10. The van der Waals surface area contributed by atoms with E-state index < -0.39 is 0 Å². The highest BCUT2D eigenvalue weighted by Crippen LogP contribution is 2.34. The summed E-state index contributed by atoms with van der Waals surface area (Å²) in [6, 6.07) is 3.69. The first kappa shape index (κ1) is 15.3. The zero-order chi connectivity index (χ0) is 14.0. The highest BCUT2D eigenvalue weighted by atomic mass is 79.9. The van der Waals surface area contributed by atoms with Gasteiger partial charge < -0.3 is 10.2 Å². The molecule has 6 heteroatoms. The van der Waals surface area contributed by atoms with Crippen LogP contribution in [0.3, 0.4) is 0 Å². The molecule has 0 bridgehead atoms. The minimum atomic E-state index is -0.230. The predicted octanol–water partition coefficient (Wildman–Crippen LogP) is 4.40.